The van der Waals surface area contributed by atoms with Gasteiger partial charge in [-0.25, -0.2) is 9.37 Å². The maximum atomic E-state index is 14.0. The molecule has 1 aromatic heterocycles. The summed E-state index contributed by atoms with van der Waals surface area (Å²) in [4.78, 5) is 30.8. The normalized spacial score (nSPS) is 12.8. The van der Waals surface area contributed by atoms with E-state index < -0.39 is 5.82 Å². The highest BCUT2D eigenvalue weighted by Crippen LogP contribution is 2.38. The van der Waals surface area contributed by atoms with Crippen LogP contribution in [0.5, 0.6) is 0 Å². The minimum Gasteiger partial charge on any atom is -0.288 e. The van der Waals surface area contributed by atoms with Gasteiger partial charge >= 0.3 is 0 Å². The number of carbonyl (C=O) groups is 2. The van der Waals surface area contributed by atoms with Crippen molar-refractivity contribution in [2.24, 2.45) is 0 Å². The van der Waals surface area contributed by atoms with Gasteiger partial charge in [-0.3, -0.25) is 9.59 Å². The maximum Gasteiger partial charge on any atom is 0.212 e. The second kappa shape index (κ2) is 5.68. The van der Waals surface area contributed by atoms with Gasteiger partial charge in [-0.05, 0) is 23.8 Å². The number of hydrogen-bond donors (Lipinski definition) is 0. The van der Waals surface area contributed by atoms with E-state index in [-0.39, 0.29) is 22.8 Å². The summed E-state index contributed by atoms with van der Waals surface area (Å²) >= 11 is 0. The van der Waals surface area contributed by atoms with Crippen molar-refractivity contribution in [3.63, 3.8) is 0 Å². The third-order valence-electron chi connectivity index (χ3n) is 4.87. The van der Waals surface area contributed by atoms with Crippen LogP contribution in [-0.4, -0.2) is 16.6 Å². The van der Waals surface area contributed by atoms with Gasteiger partial charge in [0.05, 0.1) is 11.1 Å². The fraction of sp³-hybridized carbons (Fsp3) is 0. The smallest absolute Gasteiger partial charge is 0.212 e. The van der Waals surface area contributed by atoms with Gasteiger partial charge in [0.25, 0.3) is 0 Å². The molecule has 0 spiro atoms. The van der Waals surface area contributed by atoms with Crippen molar-refractivity contribution in [1.82, 2.24) is 4.98 Å². The standard InChI is InChI=1S/C23H12FNO2/c24-14-10-11-18-17(12-14)19(13-6-2-1-3-7-13)20-21(25-18)23(27)16-9-5-4-8-15(16)22(20)26/h1-12H. The molecule has 3 aromatic carbocycles. The molecule has 0 saturated heterocycles. The molecule has 128 valence electrons. The molecule has 4 heteroatoms. The Kier molecular flexibility index (Phi) is 3.28. The lowest BCUT2D eigenvalue weighted by atomic mass is 9.82. The fourth-order valence-electron chi connectivity index (χ4n) is 3.67. The van der Waals surface area contributed by atoms with Gasteiger partial charge in [-0.1, -0.05) is 54.6 Å². The van der Waals surface area contributed by atoms with Crippen LogP contribution < -0.4 is 0 Å². The summed E-state index contributed by atoms with van der Waals surface area (Å²) in [5, 5.41) is 0.514. The van der Waals surface area contributed by atoms with E-state index in [9.17, 15) is 14.0 Å². The van der Waals surface area contributed by atoms with Crippen molar-refractivity contribution in [2.75, 3.05) is 0 Å². The molecule has 0 fully saturated rings. The number of carbonyl (C=O) groups excluding carboxylic acids is 2. The zero-order valence-corrected chi connectivity index (χ0v) is 14.1. The van der Waals surface area contributed by atoms with Crippen molar-refractivity contribution < 1.29 is 14.0 Å². The number of rotatable bonds is 1. The Morgan fingerprint density at radius 3 is 2.11 bits per heavy atom. The van der Waals surface area contributed by atoms with E-state index in [4.69, 9.17) is 0 Å². The van der Waals surface area contributed by atoms with E-state index in [1.807, 2.05) is 30.3 Å². The van der Waals surface area contributed by atoms with E-state index in [1.165, 1.54) is 18.2 Å². The fourth-order valence-corrected chi connectivity index (χ4v) is 3.67. The predicted molar refractivity (Wildman–Crippen MR) is 100 cm³/mol. The number of nitrogens with zero attached hydrogens (tertiary/aromatic N) is 1. The number of pyridine rings is 1. The number of benzene rings is 3. The van der Waals surface area contributed by atoms with Crippen molar-refractivity contribution in [3.05, 3.63) is 101 Å². The van der Waals surface area contributed by atoms with Crippen LogP contribution in [-0.2, 0) is 0 Å². The Hall–Kier alpha value is -3.66. The molecular formula is C23H12FNO2. The molecule has 0 aliphatic heterocycles. The molecule has 0 unspecified atom stereocenters. The van der Waals surface area contributed by atoms with Crippen molar-refractivity contribution in [3.8, 4) is 11.1 Å². The van der Waals surface area contributed by atoms with Crippen LogP contribution in [0.3, 0.4) is 0 Å². The van der Waals surface area contributed by atoms with E-state index in [0.29, 0.717) is 27.6 Å². The first kappa shape index (κ1) is 15.6. The first-order valence-electron chi connectivity index (χ1n) is 8.52. The average molecular weight is 353 g/mol. The second-order valence-electron chi connectivity index (χ2n) is 6.44. The highest BCUT2D eigenvalue weighted by Gasteiger charge is 2.34. The Morgan fingerprint density at radius 2 is 1.37 bits per heavy atom. The second-order valence-corrected chi connectivity index (χ2v) is 6.44. The van der Waals surface area contributed by atoms with Crippen molar-refractivity contribution >= 4 is 22.5 Å². The van der Waals surface area contributed by atoms with Gasteiger partial charge in [-0.2, -0.15) is 0 Å². The Morgan fingerprint density at radius 1 is 0.704 bits per heavy atom. The highest BCUT2D eigenvalue weighted by molar-refractivity contribution is 6.31. The lowest BCUT2D eigenvalue weighted by Gasteiger charge is -2.21. The van der Waals surface area contributed by atoms with E-state index in [0.717, 1.165) is 5.56 Å². The van der Waals surface area contributed by atoms with Gasteiger partial charge in [0.2, 0.25) is 5.78 Å². The van der Waals surface area contributed by atoms with Crippen LogP contribution in [0.25, 0.3) is 22.0 Å². The van der Waals surface area contributed by atoms with Gasteiger partial charge in [0.1, 0.15) is 11.5 Å². The monoisotopic (exact) mass is 353 g/mol. The summed E-state index contributed by atoms with van der Waals surface area (Å²) in [6.45, 7) is 0. The van der Waals surface area contributed by atoms with E-state index in [1.54, 1.807) is 24.3 Å². The largest absolute Gasteiger partial charge is 0.288 e. The summed E-state index contributed by atoms with van der Waals surface area (Å²) in [5.74, 6) is -0.974. The quantitative estimate of drug-likeness (QED) is 0.434. The molecule has 0 bridgehead atoms. The van der Waals surface area contributed by atoms with Crippen molar-refractivity contribution in [1.29, 1.82) is 0 Å². The van der Waals surface area contributed by atoms with Crippen LogP contribution >= 0.6 is 0 Å². The SMILES string of the molecule is O=C1c2ccccc2C(=O)c2c1nc1ccc(F)cc1c2-c1ccccc1. The summed E-state index contributed by atoms with van der Waals surface area (Å²) in [7, 11) is 0. The van der Waals surface area contributed by atoms with Gasteiger partial charge in [-0.15, -0.1) is 0 Å². The van der Waals surface area contributed by atoms with Crippen LogP contribution in [0, 0.1) is 5.82 Å². The molecule has 4 aromatic rings. The molecule has 27 heavy (non-hydrogen) atoms. The third kappa shape index (κ3) is 2.23. The van der Waals surface area contributed by atoms with Gasteiger partial charge in [0.15, 0.2) is 5.78 Å². The molecule has 1 heterocycles. The summed E-state index contributed by atoms with van der Waals surface area (Å²) in [5.41, 5.74) is 2.83. The number of ketones is 2. The lowest BCUT2D eigenvalue weighted by Crippen LogP contribution is -2.23. The molecule has 1 aliphatic rings. The zero-order chi connectivity index (χ0) is 18.5. The Bertz CT molecular complexity index is 1260. The highest BCUT2D eigenvalue weighted by atomic mass is 19.1. The first-order valence-corrected chi connectivity index (χ1v) is 8.52. The molecule has 0 saturated carbocycles. The minimum absolute atomic E-state index is 0.122. The van der Waals surface area contributed by atoms with Crippen LogP contribution in [0.4, 0.5) is 4.39 Å². The number of hydrogen-bond acceptors (Lipinski definition) is 3. The van der Waals surface area contributed by atoms with Crippen LogP contribution in [0.15, 0.2) is 72.8 Å². The van der Waals surface area contributed by atoms with Gasteiger partial charge < -0.3 is 0 Å². The Labute approximate surface area is 154 Å². The molecule has 0 N–H and O–H groups in total. The predicted octanol–water partition coefficient (Wildman–Crippen LogP) is 4.82. The average Bonchev–Trinajstić information content (AvgIpc) is 2.71. The van der Waals surface area contributed by atoms with Crippen molar-refractivity contribution in [2.45, 2.75) is 0 Å². The summed E-state index contributed by atoms with van der Waals surface area (Å²) in [6.07, 6.45) is 0. The van der Waals surface area contributed by atoms with E-state index >= 15 is 0 Å². The number of aromatic nitrogens is 1. The topological polar surface area (TPSA) is 47.0 Å². The lowest BCUT2D eigenvalue weighted by molar-refractivity contribution is 0.0976. The minimum atomic E-state index is -0.420. The van der Waals surface area contributed by atoms with Crippen LogP contribution in [0.1, 0.15) is 32.0 Å². The molecule has 3 nitrogen and oxygen atoms in total. The molecule has 1 aliphatic carbocycles. The molecule has 0 atom stereocenters. The third-order valence-corrected chi connectivity index (χ3v) is 4.87. The van der Waals surface area contributed by atoms with Gasteiger partial charge in [0, 0.05) is 22.1 Å². The van der Waals surface area contributed by atoms with Crippen LogP contribution in [0.2, 0.25) is 0 Å². The summed E-state index contributed by atoms with van der Waals surface area (Å²) in [6, 6.07) is 20.2. The number of fused-ring (bicyclic) bond motifs is 3. The molecule has 0 radical (unpaired) electrons. The maximum absolute atomic E-state index is 14.0. The summed E-state index contributed by atoms with van der Waals surface area (Å²) < 4.78 is 14.0. The molecular weight excluding hydrogens is 341 g/mol. The first-order chi connectivity index (χ1) is 13.1. The molecule has 5 rings (SSSR count). The Balaban J connectivity index is 1.96. The number of halogens is 1. The molecule has 0 amide bonds. The van der Waals surface area contributed by atoms with E-state index in [2.05, 4.69) is 4.98 Å². The zero-order valence-electron chi connectivity index (χ0n) is 14.1.